The number of nitriles is 1. The van der Waals surface area contributed by atoms with Crippen LogP contribution in [0.25, 0.3) is 17.1 Å². The zero-order valence-corrected chi connectivity index (χ0v) is 18.6. The summed E-state index contributed by atoms with van der Waals surface area (Å²) in [5.41, 5.74) is 1.30. The van der Waals surface area contributed by atoms with Crippen molar-refractivity contribution in [2.24, 2.45) is 11.3 Å². The van der Waals surface area contributed by atoms with Gasteiger partial charge in [0.2, 0.25) is 0 Å². The van der Waals surface area contributed by atoms with Crippen molar-refractivity contribution in [3.05, 3.63) is 36.3 Å². The number of phenols is 1. The van der Waals surface area contributed by atoms with Crippen LogP contribution in [0.2, 0.25) is 0 Å². The van der Waals surface area contributed by atoms with Crippen molar-refractivity contribution in [3.63, 3.8) is 0 Å². The highest BCUT2D eigenvalue weighted by Gasteiger charge is 2.47. The van der Waals surface area contributed by atoms with Gasteiger partial charge in [-0.2, -0.15) is 5.26 Å². The summed E-state index contributed by atoms with van der Waals surface area (Å²) >= 11 is 0. The van der Waals surface area contributed by atoms with E-state index < -0.39 is 6.17 Å². The van der Waals surface area contributed by atoms with E-state index in [2.05, 4.69) is 32.4 Å². The van der Waals surface area contributed by atoms with Gasteiger partial charge < -0.3 is 10.0 Å². The minimum absolute atomic E-state index is 0.0544. The third kappa shape index (κ3) is 3.88. The van der Waals surface area contributed by atoms with Crippen LogP contribution in [0.4, 0.5) is 10.2 Å². The Bertz CT molecular complexity index is 1210. The molecule has 1 aromatic carbocycles. The largest absolute Gasteiger partial charge is 0.507 e. The maximum Gasteiger partial charge on any atom is 0.185 e. The molecule has 10 heteroatoms. The normalized spacial score (nSPS) is 26.5. The second kappa shape index (κ2) is 8.06. The third-order valence-corrected chi connectivity index (χ3v) is 7.13. The van der Waals surface area contributed by atoms with Crippen molar-refractivity contribution >= 4 is 5.82 Å². The minimum Gasteiger partial charge on any atom is -0.507 e. The highest BCUT2D eigenvalue weighted by atomic mass is 19.1. The van der Waals surface area contributed by atoms with Crippen LogP contribution < -0.4 is 4.90 Å². The van der Waals surface area contributed by atoms with E-state index in [1.165, 1.54) is 16.9 Å². The zero-order chi connectivity index (χ0) is 23.2. The Morgan fingerprint density at radius 3 is 2.82 bits per heavy atom. The Kier molecular flexibility index (Phi) is 5.19. The summed E-state index contributed by atoms with van der Waals surface area (Å²) in [6.45, 7) is 2.27. The first-order chi connectivity index (χ1) is 15.9. The lowest BCUT2D eigenvalue weighted by Gasteiger charge is -2.50. The van der Waals surface area contributed by atoms with E-state index in [1.807, 2.05) is 18.0 Å². The van der Waals surface area contributed by atoms with E-state index in [9.17, 15) is 5.11 Å². The molecule has 2 saturated carbocycles. The van der Waals surface area contributed by atoms with Gasteiger partial charge in [0.25, 0.3) is 0 Å². The van der Waals surface area contributed by atoms with Gasteiger partial charge in [0.05, 0.1) is 29.7 Å². The van der Waals surface area contributed by atoms with E-state index >= 15 is 4.39 Å². The fourth-order valence-corrected chi connectivity index (χ4v) is 5.38. The van der Waals surface area contributed by atoms with Crippen LogP contribution in [0.3, 0.4) is 0 Å². The summed E-state index contributed by atoms with van der Waals surface area (Å²) in [7, 11) is 1.85. The van der Waals surface area contributed by atoms with E-state index in [1.54, 1.807) is 18.3 Å². The lowest BCUT2D eigenvalue weighted by atomic mass is 9.60. The van der Waals surface area contributed by atoms with E-state index in [0.717, 1.165) is 32.1 Å². The van der Waals surface area contributed by atoms with Gasteiger partial charge in [-0.25, -0.2) is 14.1 Å². The van der Waals surface area contributed by atoms with Crippen molar-refractivity contribution in [1.82, 2.24) is 30.2 Å². The number of anilines is 1. The second-order valence-electron chi connectivity index (χ2n) is 9.50. The fraction of sp³-hybridized carbons (Fsp3) is 0.478. The Hall–Kier alpha value is -3.61. The first kappa shape index (κ1) is 21.2. The highest BCUT2D eigenvalue weighted by Crippen LogP contribution is 2.50. The average molecular weight is 449 g/mol. The Balaban J connectivity index is 1.36. The van der Waals surface area contributed by atoms with E-state index in [4.69, 9.17) is 5.26 Å². The molecule has 0 saturated heterocycles. The predicted molar refractivity (Wildman–Crippen MR) is 118 cm³/mol. The Morgan fingerprint density at radius 2 is 2.12 bits per heavy atom. The second-order valence-corrected chi connectivity index (χ2v) is 9.50. The van der Waals surface area contributed by atoms with Gasteiger partial charge in [0.15, 0.2) is 17.3 Å². The molecule has 2 aromatic heterocycles. The maximum absolute atomic E-state index is 15.3. The summed E-state index contributed by atoms with van der Waals surface area (Å²) < 4.78 is 16.6. The smallest absolute Gasteiger partial charge is 0.185 e. The maximum atomic E-state index is 15.3. The molecule has 2 fully saturated rings. The number of benzene rings is 1. The molecule has 170 valence electrons. The number of nitrogens with zero attached hydrogens (tertiary/aromatic N) is 8. The van der Waals surface area contributed by atoms with Gasteiger partial charge in [-0.05, 0) is 49.1 Å². The first-order valence-electron chi connectivity index (χ1n) is 11.1. The van der Waals surface area contributed by atoms with Gasteiger partial charge in [0, 0.05) is 13.1 Å². The van der Waals surface area contributed by atoms with Gasteiger partial charge in [-0.3, -0.25) is 0 Å². The van der Waals surface area contributed by atoms with Gasteiger partial charge in [0.1, 0.15) is 18.0 Å². The standard InChI is InChI=1S/C23H25FN8O/c1-23-7-3-4-14(9-23)21(24)18(10-23)31(2)20-12-26-22(29-28-20)17-6-5-16(8-19(17)33)32-13-15(11-25)27-30-32/h5-6,8,12-14,18,21,33H,3-4,7,9-10H2,1-2H3/t14-,18-,21+,23+/m0/s1. The molecular weight excluding hydrogens is 423 g/mol. The number of alkyl halides is 1. The summed E-state index contributed by atoms with van der Waals surface area (Å²) in [5, 5.41) is 35.5. The molecule has 2 bridgehead atoms. The molecule has 4 atom stereocenters. The van der Waals surface area contributed by atoms with E-state index in [0.29, 0.717) is 17.1 Å². The molecule has 2 aliphatic carbocycles. The average Bonchev–Trinajstić information content (AvgIpc) is 3.31. The van der Waals surface area contributed by atoms with Crippen molar-refractivity contribution < 1.29 is 9.50 Å². The van der Waals surface area contributed by atoms with Crippen LogP contribution in [0.1, 0.15) is 44.7 Å². The topological polar surface area (TPSA) is 117 Å². The zero-order valence-electron chi connectivity index (χ0n) is 18.6. The number of hydrogen-bond acceptors (Lipinski definition) is 8. The first-order valence-corrected chi connectivity index (χ1v) is 11.1. The molecule has 0 unspecified atom stereocenters. The molecule has 0 aliphatic heterocycles. The summed E-state index contributed by atoms with van der Waals surface area (Å²) in [6, 6.07) is 6.52. The Morgan fingerprint density at radius 1 is 1.27 bits per heavy atom. The molecule has 0 spiro atoms. The monoisotopic (exact) mass is 448 g/mol. The van der Waals surface area contributed by atoms with Gasteiger partial charge >= 0.3 is 0 Å². The number of halogens is 1. The lowest BCUT2D eigenvalue weighted by molar-refractivity contribution is 0.0113. The molecule has 33 heavy (non-hydrogen) atoms. The third-order valence-electron chi connectivity index (χ3n) is 7.13. The predicted octanol–water partition coefficient (Wildman–Crippen LogP) is 3.44. The number of fused-ring (bicyclic) bond motifs is 2. The van der Waals surface area contributed by atoms with Gasteiger partial charge in [-0.15, -0.1) is 15.3 Å². The number of hydrogen-bond donors (Lipinski definition) is 1. The van der Waals surface area contributed by atoms with Crippen molar-refractivity contribution in [2.45, 2.75) is 51.2 Å². The number of rotatable bonds is 4. The summed E-state index contributed by atoms with van der Waals surface area (Å²) in [6.07, 6.45) is 7.11. The van der Waals surface area contributed by atoms with Crippen LogP contribution in [-0.2, 0) is 0 Å². The molecule has 3 aromatic rings. The molecule has 2 aliphatic rings. The lowest BCUT2D eigenvalue weighted by Crippen LogP contribution is -2.52. The molecule has 1 N–H and O–H groups in total. The fourth-order valence-electron chi connectivity index (χ4n) is 5.38. The van der Waals surface area contributed by atoms with Crippen LogP contribution in [0.5, 0.6) is 5.75 Å². The van der Waals surface area contributed by atoms with Crippen LogP contribution in [0, 0.1) is 22.7 Å². The molecule has 9 nitrogen and oxygen atoms in total. The van der Waals surface area contributed by atoms with Crippen molar-refractivity contribution in [1.29, 1.82) is 5.26 Å². The molecule has 0 amide bonds. The Labute approximate surface area is 190 Å². The van der Waals surface area contributed by atoms with Crippen LogP contribution >= 0.6 is 0 Å². The number of aromatic hydroxyl groups is 1. The molecule has 2 heterocycles. The molecular formula is C23H25FN8O. The van der Waals surface area contributed by atoms with Crippen LogP contribution in [0.15, 0.2) is 30.6 Å². The SMILES string of the molecule is CN(c1cnc(-c2ccc(-n3cc(C#N)nn3)cc2O)nn1)[C@H]1C[C@]2(C)CCC[C@@H](C2)[C@H]1F. The summed E-state index contributed by atoms with van der Waals surface area (Å²) in [5.74, 6) is 0.825. The summed E-state index contributed by atoms with van der Waals surface area (Å²) in [4.78, 5) is 6.25. The minimum atomic E-state index is -0.889. The molecule has 0 radical (unpaired) electrons. The van der Waals surface area contributed by atoms with Crippen LogP contribution in [-0.4, -0.2) is 54.5 Å². The van der Waals surface area contributed by atoms with E-state index in [-0.39, 0.29) is 34.6 Å². The quantitative estimate of drug-likeness (QED) is 0.645. The molecule has 5 rings (SSSR count). The van der Waals surface area contributed by atoms with Crippen molar-refractivity contribution in [3.8, 4) is 28.9 Å². The van der Waals surface area contributed by atoms with Crippen molar-refractivity contribution in [2.75, 3.05) is 11.9 Å². The highest BCUT2D eigenvalue weighted by molar-refractivity contribution is 5.66. The number of phenolic OH excluding ortho intramolecular Hbond substituents is 1. The van der Waals surface area contributed by atoms with Gasteiger partial charge in [-0.1, -0.05) is 18.6 Å². The number of aromatic nitrogens is 6.